The number of amides is 1. The Morgan fingerprint density at radius 3 is 3.00 bits per heavy atom. The molecule has 6 heteroatoms. The van der Waals surface area contributed by atoms with E-state index in [-0.39, 0.29) is 17.2 Å². The van der Waals surface area contributed by atoms with Gasteiger partial charge in [-0.15, -0.1) is 0 Å². The van der Waals surface area contributed by atoms with E-state index in [2.05, 4.69) is 4.74 Å². The standard InChI is InChI=1S/C7H12N2O3S/c1-11-7(10)9-2-3-12-5(4-9)6(8)13/h5H,2-4H2,1H3,(H2,8,13). The molecular formula is C7H12N2O3S. The third-order valence-electron chi connectivity index (χ3n) is 1.82. The predicted molar refractivity (Wildman–Crippen MR) is 50.5 cm³/mol. The molecule has 1 unspecified atom stereocenters. The van der Waals surface area contributed by atoms with Gasteiger partial charge in [0.05, 0.1) is 20.3 Å². The Balaban J connectivity index is 2.51. The van der Waals surface area contributed by atoms with E-state index in [1.54, 1.807) is 0 Å². The lowest BCUT2D eigenvalue weighted by atomic mass is 10.3. The van der Waals surface area contributed by atoms with Crippen molar-refractivity contribution in [2.75, 3.05) is 26.8 Å². The summed E-state index contributed by atoms with van der Waals surface area (Å²) in [4.78, 5) is 12.9. The molecule has 5 nitrogen and oxygen atoms in total. The summed E-state index contributed by atoms with van der Waals surface area (Å²) in [6.07, 6.45) is -0.715. The van der Waals surface area contributed by atoms with Crippen LogP contribution >= 0.6 is 12.2 Å². The fraction of sp³-hybridized carbons (Fsp3) is 0.714. The van der Waals surface area contributed by atoms with E-state index in [0.717, 1.165) is 0 Å². The molecular weight excluding hydrogens is 192 g/mol. The van der Waals surface area contributed by atoms with E-state index in [4.69, 9.17) is 22.7 Å². The van der Waals surface area contributed by atoms with Gasteiger partial charge in [0.15, 0.2) is 0 Å². The van der Waals surface area contributed by atoms with Crippen LogP contribution in [-0.4, -0.2) is 48.9 Å². The van der Waals surface area contributed by atoms with Crippen molar-refractivity contribution >= 4 is 23.3 Å². The number of hydrogen-bond acceptors (Lipinski definition) is 4. The molecule has 1 atom stereocenters. The van der Waals surface area contributed by atoms with Crippen LogP contribution in [0.3, 0.4) is 0 Å². The number of hydrogen-bond donors (Lipinski definition) is 1. The molecule has 1 rings (SSSR count). The Morgan fingerprint density at radius 2 is 2.46 bits per heavy atom. The lowest BCUT2D eigenvalue weighted by molar-refractivity contribution is 0.00784. The Bertz CT molecular complexity index is 222. The Labute approximate surface area is 81.8 Å². The van der Waals surface area contributed by atoms with E-state index >= 15 is 0 Å². The Morgan fingerprint density at radius 1 is 1.77 bits per heavy atom. The molecule has 74 valence electrons. The SMILES string of the molecule is COC(=O)N1CCOC(C(N)=S)C1. The van der Waals surface area contributed by atoms with Gasteiger partial charge in [0.25, 0.3) is 0 Å². The molecule has 0 aromatic rings. The third kappa shape index (κ3) is 2.53. The minimum atomic E-state index is -0.371. The highest BCUT2D eigenvalue weighted by molar-refractivity contribution is 7.80. The van der Waals surface area contributed by atoms with Gasteiger partial charge in [0.1, 0.15) is 11.1 Å². The first-order chi connectivity index (χ1) is 6.15. The molecule has 1 saturated heterocycles. The molecule has 1 aliphatic heterocycles. The summed E-state index contributed by atoms with van der Waals surface area (Å²) in [5, 5.41) is 0. The number of nitrogens with zero attached hydrogens (tertiary/aromatic N) is 1. The van der Waals surface area contributed by atoms with Gasteiger partial charge in [-0.1, -0.05) is 12.2 Å². The lowest BCUT2D eigenvalue weighted by Gasteiger charge is -2.31. The minimum Gasteiger partial charge on any atom is -0.453 e. The number of thiocarbonyl (C=S) groups is 1. The van der Waals surface area contributed by atoms with Gasteiger partial charge in [0.2, 0.25) is 0 Å². The molecule has 2 N–H and O–H groups in total. The number of carbonyl (C=O) groups is 1. The molecule has 0 saturated carbocycles. The first kappa shape index (κ1) is 10.2. The van der Waals surface area contributed by atoms with Crippen molar-refractivity contribution in [1.82, 2.24) is 4.90 Å². The Hall–Kier alpha value is -0.880. The molecule has 0 aromatic carbocycles. The first-order valence-corrected chi connectivity index (χ1v) is 4.29. The van der Waals surface area contributed by atoms with Crippen molar-refractivity contribution in [2.24, 2.45) is 5.73 Å². The second kappa shape index (κ2) is 4.38. The molecule has 1 aliphatic rings. The van der Waals surface area contributed by atoms with Crippen LogP contribution in [-0.2, 0) is 9.47 Å². The van der Waals surface area contributed by atoms with E-state index in [0.29, 0.717) is 19.7 Å². The Kier molecular flexibility index (Phi) is 3.44. The minimum absolute atomic E-state index is 0.272. The van der Waals surface area contributed by atoms with Crippen LogP contribution in [0.4, 0.5) is 4.79 Å². The molecule has 0 aromatic heterocycles. The topological polar surface area (TPSA) is 64.8 Å². The molecule has 0 radical (unpaired) electrons. The highest BCUT2D eigenvalue weighted by Crippen LogP contribution is 2.06. The number of nitrogens with two attached hydrogens (primary N) is 1. The monoisotopic (exact) mass is 204 g/mol. The maximum Gasteiger partial charge on any atom is 0.409 e. The first-order valence-electron chi connectivity index (χ1n) is 3.89. The molecule has 1 amide bonds. The van der Waals surface area contributed by atoms with Gasteiger partial charge in [-0.3, -0.25) is 0 Å². The molecule has 0 spiro atoms. The zero-order valence-corrected chi connectivity index (χ0v) is 8.17. The van der Waals surface area contributed by atoms with Crippen LogP contribution in [0, 0.1) is 0 Å². The van der Waals surface area contributed by atoms with Crippen LogP contribution in [0.1, 0.15) is 0 Å². The number of morpholine rings is 1. The van der Waals surface area contributed by atoms with Crippen molar-refractivity contribution in [1.29, 1.82) is 0 Å². The number of ether oxygens (including phenoxy) is 2. The van der Waals surface area contributed by atoms with Crippen molar-refractivity contribution in [3.8, 4) is 0 Å². The van der Waals surface area contributed by atoms with Crippen molar-refractivity contribution in [3.63, 3.8) is 0 Å². The summed E-state index contributed by atoms with van der Waals surface area (Å²) < 4.78 is 9.81. The van der Waals surface area contributed by atoms with Gasteiger partial charge in [-0.25, -0.2) is 4.79 Å². The quantitative estimate of drug-likeness (QED) is 0.596. The summed E-state index contributed by atoms with van der Waals surface area (Å²) in [6.45, 7) is 1.34. The summed E-state index contributed by atoms with van der Waals surface area (Å²) in [5.41, 5.74) is 5.40. The normalized spacial score (nSPS) is 22.5. The van der Waals surface area contributed by atoms with E-state index < -0.39 is 0 Å². The predicted octanol–water partition coefficient (Wildman–Crippen LogP) is -0.260. The van der Waals surface area contributed by atoms with Crippen LogP contribution in [0.25, 0.3) is 0 Å². The van der Waals surface area contributed by atoms with Gasteiger partial charge in [0, 0.05) is 6.54 Å². The fourth-order valence-corrected chi connectivity index (χ4v) is 1.26. The number of carbonyl (C=O) groups excluding carboxylic acids is 1. The highest BCUT2D eigenvalue weighted by Gasteiger charge is 2.26. The largest absolute Gasteiger partial charge is 0.453 e. The van der Waals surface area contributed by atoms with E-state index in [1.165, 1.54) is 12.0 Å². The van der Waals surface area contributed by atoms with Crippen molar-refractivity contribution in [3.05, 3.63) is 0 Å². The molecule has 1 fully saturated rings. The fourth-order valence-electron chi connectivity index (χ4n) is 1.12. The van der Waals surface area contributed by atoms with Crippen molar-refractivity contribution < 1.29 is 14.3 Å². The second-order valence-corrected chi connectivity index (χ2v) is 3.15. The van der Waals surface area contributed by atoms with E-state index in [1.807, 2.05) is 0 Å². The van der Waals surface area contributed by atoms with Crippen LogP contribution in [0.5, 0.6) is 0 Å². The van der Waals surface area contributed by atoms with Crippen LogP contribution in [0.2, 0.25) is 0 Å². The summed E-state index contributed by atoms with van der Waals surface area (Å²) in [6, 6.07) is 0. The highest BCUT2D eigenvalue weighted by atomic mass is 32.1. The maximum absolute atomic E-state index is 11.1. The summed E-state index contributed by atoms with van der Waals surface area (Å²) in [7, 11) is 1.34. The zero-order chi connectivity index (χ0) is 9.84. The van der Waals surface area contributed by atoms with Crippen molar-refractivity contribution in [2.45, 2.75) is 6.10 Å². The summed E-state index contributed by atoms with van der Waals surface area (Å²) in [5.74, 6) is 0. The van der Waals surface area contributed by atoms with Gasteiger partial charge in [-0.2, -0.15) is 0 Å². The average Bonchev–Trinajstić information content (AvgIpc) is 2.17. The van der Waals surface area contributed by atoms with Crippen LogP contribution in [0.15, 0.2) is 0 Å². The second-order valence-electron chi connectivity index (χ2n) is 2.68. The van der Waals surface area contributed by atoms with Gasteiger partial charge < -0.3 is 20.1 Å². The molecule has 0 aliphatic carbocycles. The summed E-state index contributed by atoms with van der Waals surface area (Å²) >= 11 is 4.77. The smallest absolute Gasteiger partial charge is 0.409 e. The maximum atomic E-state index is 11.1. The molecule has 13 heavy (non-hydrogen) atoms. The van der Waals surface area contributed by atoms with Gasteiger partial charge >= 0.3 is 6.09 Å². The molecule has 1 heterocycles. The van der Waals surface area contributed by atoms with E-state index in [9.17, 15) is 4.79 Å². The third-order valence-corrected chi connectivity index (χ3v) is 2.08. The van der Waals surface area contributed by atoms with Crippen LogP contribution < -0.4 is 5.73 Å². The zero-order valence-electron chi connectivity index (χ0n) is 7.36. The molecule has 0 bridgehead atoms. The average molecular weight is 204 g/mol. The number of rotatable bonds is 1. The lowest BCUT2D eigenvalue weighted by Crippen LogP contribution is -2.49. The van der Waals surface area contributed by atoms with Gasteiger partial charge in [-0.05, 0) is 0 Å². The number of methoxy groups -OCH3 is 1.